The van der Waals surface area contributed by atoms with Gasteiger partial charge in [-0.05, 0) is 57.5 Å². The number of rotatable bonds is 8. The monoisotopic (exact) mass is 677 g/mol. The molecule has 2 saturated heterocycles. The predicted octanol–water partition coefficient (Wildman–Crippen LogP) is 4.89. The van der Waals surface area contributed by atoms with Crippen molar-refractivity contribution in [3.8, 4) is 11.4 Å². The smallest absolute Gasteiger partial charge is 0.418 e. The van der Waals surface area contributed by atoms with Crippen LogP contribution < -0.4 is 11.0 Å². The number of piperidine rings is 2. The molecule has 3 aromatic rings. The van der Waals surface area contributed by atoms with Crippen LogP contribution in [0, 0.1) is 0 Å². The number of nitrogens with zero attached hydrogens (tertiary/aromatic N) is 5. The molecule has 0 aliphatic carbocycles. The van der Waals surface area contributed by atoms with Crippen LogP contribution in [-0.4, -0.2) is 101 Å². The first-order valence-corrected chi connectivity index (χ1v) is 16.0. The Balaban J connectivity index is 1.31. The highest BCUT2D eigenvalue weighted by Crippen LogP contribution is 2.40. The van der Waals surface area contributed by atoms with Crippen LogP contribution in [0.1, 0.15) is 42.9 Å². The minimum absolute atomic E-state index is 0.112. The van der Waals surface area contributed by atoms with Crippen LogP contribution in [0.15, 0.2) is 47.3 Å². The van der Waals surface area contributed by atoms with Gasteiger partial charge < -0.3 is 24.8 Å². The van der Waals surface area contributed by atoms with Crippen LogP contribution in [0.5, 0.6) is 0 Å². The van der Waals surface area contributed by atoms with Crippen molar-refractivity contribution in [2.45, 2.75) is 56.5 Å². The van der Waals surface area contributed by atoms with Crippen molar-refractivity contribution in [2.75, 3.05) is 52.6 Å². The number of carbonyl (C=O) groups excluding carboxylic acids is 2. The number of aromatic nitrogens is 3. The van der Waals surface area contributed by atoms with E-state index in [-0.39, 0.29) is 53.6 Å². The van der Waals surface area contributed by atoms with Crippen molar-refractivity contribution in [3.05, 3.63) is 69.1 Å². The van der Waals surface area contributed by atoms with E-state index < -0.39 is 29.8 Å². The number of hydrogen-bond donors (Lipinski definition) is 2. The molecule has 2 N–H and O–H groups in total. The van der Waals surface area contributed by atoms with Crippen LogP contribution in [0.2, 0.25) is 5.02 Å². The fourth-order valence-corrected chi connectivity index (χ4v) is 6.59. The molecule has 2 aliphatic heterocycles. The summed E-state index contributed by atoms with van der Waals surface area (Å²) in [6.45, 7) is 1.33. The molecule has 254 valence electrons. The Labute approximate surface area is 275 Å². The fraction of sp³-hybridized carbons (Fsp3) is 0.500. The van der Waals surface area contributed by atoms with E-state index in [0.717, 1.165) is 11.6 Å². The average molecular weight is 678 g/mol. The predicted molar refractivity (Wildman–Crippen MR) is 171 cm³/mol. The standard InChI is InChI=1S/C32H39ClF3N7O4/c1-37-27-24(32(34,35)36)17-20(18-25(27)33)19-26(29(44)41-13-9-22(10-14-41)40(2)3)47-31(46)42-15-11-23(12-16-42)43-30(45)38-28(39-43)21-7-5-4-6-8-21/h4-8,17-18,22-23,26,37H,9-16,19H2,1-3H3,(H,38,39,45)/t26-/m1/s1. The molecular formula is C32H39ClF3N7O4. The molecule has 2 fully saturated rings. The van der Waals surface area contributed by atoms with E-state index in [2.05, 4.69) is 20.3 Å². The van der Waals surface area contributed by atoms with Crippen molar-refractivity contribution >= 4 is 29.3 Å². The second kappa shape index (κ2) is 14.4. The van der Waals surface area contributed by atoms with E-state index in [0.29, 0.717) is 44.6 Å². The molecule has 0 saturated carbocycles. The molecule has 0 spiro atoms. The zero-order valence-corrected chi connectivity index (χ0v) is 27.3. The lowest BCUT2D eigenvalue weighted by Crippen LogP contribution is -2.50. The van der Waals surface area contributed by atoms with E-state index in [4.69, 9.17) is 16.3 Å². The quantitative estimate of drug-likeness (QED) is 0.349. The van der Waals surface area contributed by atoms with Crippen LogP contribution in [0.4, 0.5) is 23.7 Å². The molecule has 1 aromatic heterocycles. The zero-order valence-electron chi connectivity index (χ0n) is 26.5. The number of amides is 2. The normalized spacial score (nSPS) is 17.2. The second-order valence-corrected chi connectivity index (χ2v) is 12.6. The molecule has 3 heterocycles. The molecular weight excluding hydrogens is 639 g/mol. The second-order valence-electron chi connectivity index (χ2n) is 12.2. The molecule has 2 aromatic carbocycles. The summed E-state index contributed by atoms with van der Waals surface area (Å²) < 4.78 is 48.9. The number of ether oxygens (including phenoxy) is 1. The van der Waals surface area contributed by atoms with Gasteiger partial charge in [-0.3, -0.25) is 9.78 Å². The summed E-state index contributed by atoms with van der Waals surface area (Å²) in [4.78, 5) is 47.8. The Morgan fingerprint density at radius 1 is 1.06 bits per heavy atom. The lowest BCUT2D eigenvalue weighted by atomic mass is 10.00. The maximum absolute atomic E-state index is 13.9. The SMILES string of the molecule is CNc1c(Cl)cc(C[C@@H](OC(=O)N2CCC(n3nc(-c4ccccc4)[nH]c3=O)CC2)C(=O)N2CCC(N(C)C)CC2)cc1C(F)(F)F. The molecule has 5 rings (SSSR count). The molecule has 11 nitrogen and oxygen atoms in total. The highest BCUT2D eigenvalue weighted by molar-refractivity contribution is 6.33. The number of anilines is 1. The fourth-order valence-electron chi connectivity index (χ4n) is 6.26. The van der Waals surface area contributed by atoms with Crippen molar-refractivity contribution in [3.63, 3.8) is 0 Å². The molecule has 47 heavy (non-hydrogen) atoms. The van der Waals surface area contributed by atoms with Gasteiger partial charge in [0.2, 0.25) is 0 Å². The number of aromatic amines is 1. The topological polar surface area (TPSA) is 116 Å². The third-order valence-electron chi connectivity index (χ3n) is 8.91. The Morgan fingerprint density at radius 3 is 2.30 bits per heavy atom. The molecule has 2 aliphatic rings. The summed E-state index contributed by atoms with van der Waals surface area (Å²) in [6.07, 6.45) is -4.84. The molecule has 0 radical (unpaired) electrons. The number of alkyl halides is 3. The number of benzene rings is 2. The van der Waals surface area contributed by atoms with Gasteiger partial charge in [-0.2, -0.15) is 13.2 Å². The summed E-state index contributed by atoms with van der Waals surface area (Å²) in [5.41, 5.74) is -0.715. The van der Waals surface area contributed by atoms with Gasteiger partial charge in [0.1, 0.15) is 0 Å². The van der Waals surface area contributed by atoms with Gasteiger partial charge in [0.25, 0.3) is 5.91 Å². The highest BCUT2D eigenvalue weighted by Gasteiger charge is 2.37. The Morgan fingerprint density at radius 2 is 1.70 bits per heavy atom. The summed E-state index contributed by atoms with van der Waals surface area (Å²) in [5.74, 6) is -0.0192. The minimum atomic E-state index is -4.70. The summed E-state index contributed by atoms with van der Waals surface area (Å²) in [5, 5.41) is 6.80. The summed E-state index contributed by atoms with van der Waals surface area (Å²) in [6, 6.07) is 11.6. The third-order valence-corrected chi connectivity index (χ3v) is 9.21. The van der Waals surface area contributed by atoms with E-state index in [1.807, 2.05) is 44.4 Å². The Kier molecular flexibility index (Phi) is 10.5. The van der Waals surface area contributed by atoms with Gasteiger partial charge in [-0.1, -0.05) is 41.9 Å². The van der Waals surface area contributed by atoms with Gasteiger partial charge in [-0.15, -0.1) is 5.10 Å². The van der Waals surface area contributed by atoms with Gasteiger partial charge in [0.05, 0.1) is 22.3 Å². The summed E-state index contributed by atoms with van der Waals surface area (Å²) in [7, 11) is 5.28. The summed E-state index contributed by atoms with van der Waals surface area (Å²) >= 11 is 6.23. The number of nitrogens with one attached hydrogen (secondary N) is 2. The lowest BCUT2D eigenvalue weighted by molar-refractivity contribution is -0.142. The Bertz CT molecular complexity index is 1610. The van der Waals surface area contributed by atoms with Crippen molar-refractivity contribution in [1.82, 2.24) is 29.5 Å². The average Bonchev–Trinajstić information content (AvgIpc) is 3.45. The molecule has 2 amide bonds. The van der Waals surface area contributed by atoms with Crippen LogP contribution >= 0.6 is 11.6 Å². The van der Waals surface area contributed by atoms with E-state index >= 15 is 0 Å². The number of H-pyrrole nitrogens is 1. The maximum Gasteiger partial charge on any atom is 0.418 e. The number of likely N-dealkylation sites (tertiary alicyclic amines) is 2. The maximum atomic E-state index is 13.9. The third kappa shape index (κ3) is 7.92. The molecule has 0 unspecified atom stereocenters. The van der Waals surface area contributed by atoms with Crippen molar-refractivity contribution < 1.29 is 27.5 Å². The zero-order chi connectivity index (χ0) is 33.9. The first-order valence-electron chi connectivity index (χ1n) is 15.6. The number of halogens is 4. The highest BCUT2D eigenvalue weighted by atomic mass is 35.5. The molecule has 0 bridgehead atoms. The molecule has 1 atom stereocenters. The largest absolute Gasteiger partial charge is 0.436 e. The van der Waals surface area contributed by atoms with Crippen molar-refractivity contribution in [1.29, 1.82) is 0 Å². The number of carbonyl (C=O) groups is 2. The van der Waals surface area contributed by atoms with E-state index in [9.17, 15) is 27.6 Å². The minimum Gasteiger partial charge on any atom is -0.436 e. The van der Waals surface area contributed by atoms with E-state index in [1.54, 1.807) is 4.90 Å². The van der Waals surface area contributed by atoms with Crippen LogP contribution in [0.3, 0.4) is 0 Å². The van der Waals surface area contributed by atoms with Gasteiger partial charge in [-0.25, -0.2) is 14.3 Å². The van der Waals surface area contributed by atoms with Crippen LogP contribution in [-0.2, 0) is 22.1 Å². The first kappa shape index (κ1) is 34.3. The lowest BCUT2D eigenvalue weighted by Gasteiger charge is -2.37. The number of hydrogen-bond acceptors (Lipinski definition) is 7. The van der Waals surface area contributed by atoms with Gasteiger partial charge in [0, 0.05) is 51.3 Å². The van der Waals surface area contributed by atoms with E-state index in [1.165, 1.54) is 22.7 Å². The Hall–Kier alpha value is -4.04. The van der Waals surface area contributed by atoms with Crippen LogP contribution in [0.25, 0.3) is 11.4 Å². The van der Waals surface area contributed by atoms with Gasteiger partial charge in [0.15, 0.2) is 11.9 Å². The van der Waals surface area contributed by atoms with Gasteiger partial charge >= 0.3 is 18.0 Å². The first-order chi connectivity index (χ1) is 22.3. The van der Waals surface area contributed by atoms with Crippen molar-refractivity contribution in [2.24, 2.45) is 0 Å². The molecule has 15 heteroatoms.